The van der Waals surface area contributed by atoms with Crippen LogP contribution in [0.2, 0.25) is 5.02 Å². The largest absolute Gasteiger partial charge is 0.481 e. The second kappa shape index (κ2) is 15.9. The van der Waals surface area contributed by atoms with E-state index in [0.29, 0.717) is 73.9 Å². The fourth-order valence-corrected chi connectivity index (χ4v) is 8.50. The first-order chi connectivity index (χ1) is 26.8. The van der Waals surface area contributed by atoms with Gasteiger partial charge in [0.2, 0.25) is 17.7 Å². The van der Waals surface area contributed by atoms with Crippen LogP contribution in [0.15, 0.2) is 54.6 Å². The number of likely N-dealkylation sites (tertiary alicyclic amines) is 1. The highest BCUT2D eigenvalue weighted by atomic mass is 35.5. The molecular formula is C41H44ClF3N6O5. The fourth-order valence-electron chi connectivity index (χ4n) is 8.18. The second-order valence-electron chi connectivity index (χ2n) is 14.7. The lowest BCUT2D eigenvalue weighted by Crippen LogP contribution is -2.47. The summed E-state index contributed by atoms with van der Waals surface area (Å²) >= 11 is 7.14. The molecular weight excluding hydrogens is 749 g/mol. The molecule has 7 rings (SSSR count). The van der Waals surface area contributed by atoms with E-state index in [4.69, 9.17) is 26.1 Å². The summed E-state index contributed by atoms with van der Waals surface area (Å²) in [5.41, 5.74) is 3.63. The number of ether oxygens (including phenoxy) is 2. The molecule has 2 aliphatic heterocycles. The molecule has 1 amide bonds. The Balaban J connectivity index is 1.14. The molecule has 0 radical (unpaired) electrons. The smallest absolute Gasteiger partial charge is 0.419 e. The molecule has 11 nitrogen and oxygen atoms in total. The quantitative estimate of drug-likeness (QED) is 0.108. The molecule has 0 spiro atoms. The number of amides is 1. The number of aliphatic carboxylic acids is 1. The van der Waals surface area contributed by atoms with Gasteiger partial charge in [-0.15, -0.1) is 0 Å². The van der Waals surface area contributed by atoms with E-state index in [-0.39, 0.29) is 35.8 Å². The first-order valence-corrected chi connectivity index (χ1v) is 19.0. The third-order valence-electron chi connectivity index (χ3n) is 11.2. The molecule has 2 aromatic heterocycles. The van der Waals surface area contributed by atoms with Crippen LogP contribution in [0.3, 0.4) is 0 Å². The Hall–Kier alpha value is -4.92. The van der Waals surface area contributed by atoms with Gasteiger partial charge in [-0.05, 0) is 74.4 Å². The zero-order chi connectivity index (χ0) is 39.8. The van der Waals surface area contributed by atoms with Gasteiger partial charge in [-0.25, -0.2) is 4.98 Å². The van der Waals surface area contributed by atoms with Gasteiger partial charge in [-0.3, -0.25) is 14.5 Å². The molecule has 0 bridgehead atoms. The highest BCUT2D eigenvalue weighted by molar-refractivity contribution is 6.36. The van der Waals surface area contributed by atoms with Crippen LogP contribution in [-0.4, -0.2) is 70.7 Å². The Kier molecular flexibility index (Phi) is 11.2. The van der Waals surface area contributed by atoms with E-state index in [9.17, 15) is 27.9 Å². The summed E-state index contributed by atoms with van der Waals surface area (Å²) in [6.07, 6.45) is -1.30. The van der Waals surface area contributed by atoms with E-state index in [0.717, 1.165) is 40.3 Å². The molecule has 3 atom stereocenters. The van der Waals surface area contributed by atoms with Crippen LogP contribution < -0.4 is 25.4 Å². The molecule has 0 saturated carbocycles. The third kappa shape index (κ3) is 7.74. The molecule has 296 valence electrons. The van der Waals surface area contributed by atoms with Crippen molar-refractivity contribution in [3.8, 4) is 34.1 Å². The SMILES string of the molecule is COc1nc(-c2cccc(-c3cccc4c3CC[C@@H]4Nc3nc(OC)c(CN4CCC[C@@]4(C)C(=O)O)cc3C(F)(F)F)c2Cl)ccc1CNC[C@@H]1CCC(=O)N1. The normalized spacial score (nSPS) is 20.9. The van der Waals surface area contributed by atoms with E-state index in [1.165, 1.54) is 7.11 Å². The van der Waals surface area contributed by atoms with E-state index in [1.807, 2.05) is 48.5 Å². The molecule has 4 heterocycles. The summed E-state index contributed by atoms with van der Waals surface area (Å²) in [6.45, 7) is 3.11. The number of nitrogens with one attached hydrogen (secondary N) is 3. The summed E-state index contributed by atoms with van der Waals surface area (Å²) in [5.74, 6) is -0.851. The fraction of sp³-hybridized carbons (Fsp3) is 0.415. The number of carbonyl (C=O) groups is 2. The van der Waals surface area contributed by atoms with Gasteiger partial charge in [0.25, 0.3) is 0 Å². The van der Waals surface area contributed by atoms with Crippen molar-refractivity contribution in [2.24, 2.45) is 0 Å². The van der Waals surface area contributed by atoms with E-state index >= 15 is 0 Å². The number of methoxy groups -OCH3 is 2. The Morgan fingerprint density at radius 1 is 1.02 bits per heavy atom. The van der Waals surface area contributed by atoms with Crippen LogP contribution in [-0.2, 0) is 35.3 Å². The van der Waals surface area contributed by atoms with Crippen LogP contribution in [0, 0.1) is 0 Å². The molecule has 3 aliphatic rings. The number of alkyl halides is 3. The standard InChI is InChI=1S/C41H44ClF3N6O5/c1-40(39(53)54)17-6-18-51(40)22-24-19-31(41(43,44)45)36(50-38(24)56-3)48-32-15-13-27-26(7-4-8-28(27)32)29-9-5-10-30(35(29)42)33-14-11-23(37(49-33)55-2)20-46-21-25-12-16-34(52)47-25/h4-5,7-11,14,19,25,32,46H,6,12-13,15-18,20-22H2,1-3H3,(H,47,52)(H,48,50)(H,53,54)/t25-,32-,40-/m0/s1. The maximum Gasteiger partial charge on any atom is 0.419 e. The van der Waals surface area contributed by atoms with Crippen molar-refractivity contribution < 1.29 is 37.3 Å². The average Bonchev–Trinajstić information content (AvgIpc) is 3.90. The lowest BCUT2D eigenvalue weighted by molar-refractivity contribution is -0.149. The summed E-state index contributed by atoms with van der Waals surface area (Å²) in [6, 6.07) is 15.9. The van der Waals surface area contributed by atoms with Crippen LogP contribution in [0.1, 0.15) is 72.9 Å². The number of rotatable bonds is 13. The number of carboxylic acid groups (broad SMARTS) is 1. The molecule has 4 aromatic rings. The maximum atomic E-state index is 14.7. The summed E-state index contributed by atoms with van der Waals surface area (Å²) in [7, 11) is 2.90. The first kappa shape index (κ1) is 39.3. The van der Waals surface area contributed by atoms with Crippen LogP contribution in [0.4, 0.5) is 19.0 Å². The number of hydrogen-bond donors (Lipinski definition) is 4. The second-order valence-corrected chi connectivity index (χ2v) is 15.1. The topological polar surface area (TPSA) is 138 Å². The lowest BCUT2D eigenvalue weighted by Gasteiger charge is -2.31. The number of anilines is 1. The van der Waals surface area contributed by atoms with E-state index in [2.05, 4.69) is 20.9 Å². The minimum absolute atomic E-state index is 0.00399. The van der Waals surface area contributed by atoms with Crippen molar-refractivity contribution >= 4 is 29.3 Å². The third-order valence-corrected chi connectivity index (χ3v) is 11.6. The number of halogens is 4. The van der Waals surface area contributed by atoms with Gasteiger partial charge in [0, 0.05) is 54.4 Å². The predicted octanol–water partition coefficient (Wildman–Crippen LogP) is 7.41. The number of fused-ring (bicyclic) bond motifs is 1. The number of nitrogens with zero attached hydrogens (tertiary/aromatic N) is 3. The van der Waals surface area contributed by atoms with Gasteiger partial charge in [0.1, 0.15) is 11.4 Å². The van der Waals surface area contributed by atoms with Crippen molar-refractivity contribution in [1.29, 1.82) is 0 Å². The van der Waals surface area contributed by atoms with E-state index < -0.39 is 29.3 Å². The van der Waals surface area contributed by atoms with Crippen molar-refractivity contribution in [2.75, 3.05) is 32.6 Å². The molecule has 0 unspecified atom stereocenters. The minimum atomic E-state index is -4.74. The molecule has 2 aromatic carbocycles. The summed E-state index contributed by atoms with van der Waals surface area (Å²) in [4.78, 5) is 34.4. The van der Waals surface area contributed by atoms with Gasteiger partial charge >= 0.3 is 12.1 Å². The number of aromatic nitrogens is 2. The summed E-state index contributed by atoms with van der Waals surface area (Å²) < 4.78 is 55.1. The van der Waals surface area contributed by atoms with Crippen molar-refractivity contribution in [1.82, 2.24) is 25.5 Å². The maximum absolute atomic E-state index is 14.7. The van der Waals surface area contributed by atoms with Crippen molar-refractivity contribution in [3.63, 3.8) is 0 Å². The van der Waals surface area contributed by atoms with Gasteiger partial charge in [-0.2, -0.15) is 18.2 Å². The average molecular weight is 793 g/mol. The minimum Gasteiger partial charge on any atom is -0.481 e. The van der Waals surface area contributed by atoms with Crippen molar-refractivity contribution in [2.45, 2.75) is 82.3 Å². The predicted molar refractivity (Wildman–Crippen MR) is 206 cm³/mol. The van der Waals surface area contributed by atoms with Gasteiger partial charge in [-0.1, -0.05) is 54.1 Å². The number of pyridine rings is 2. The Morgan fingerprint density at radius 3 is 2.46 bits per heavy atom. The zero-order valence-electron chi connectivity index (χ0n) is 31.4. The van der Waals surface area contributed by atoms with Gasteiger partial charge in [0.05, 0.1) is 36.5 Å². The monoisotopic (exact) mass is 792 g/mol. The van der Waals surface area contributed by atoms with E-state index in [1.54, 1.807) is 18.9 Å². The van der Waals surface area contributed by atoms with Crippen LogP contribution in [0.5, 0.6) is 11.8 Å². The molecule has 2 saturated heterocycles. The summed E-state index contributed by atoms with van der Waals surface area (Å²) in [5, 5.41) is 19.8. The zero-order valence-corrected chi connectivity index (χ0v) is 32.1. The van der Waals surface area contributed by atoms with Gasteiger partial charge in [0.15, 0.2) is 0 Å². The molecule has 15 heteroatoms. The Morgan fingerprint density at radius 2 is 1.75 bits per heavy atom. The first-order valence-electron chi connectivity index (χ1n) is 18.7. The molecule has 2 fully saturated rings. The molecule has 4 N–H and O–H groups in total. The number of carboxylic acids is 1. The van der Waals surface area contributed by atoms with Gasteiger partial charge < -0.3 is 30.5 Å². The lowest BCUT2D eigenvalue weighted by atomic mass is 9.94. The number of benzene rings is 2. The number of hydrogen-bond acceptors (Lipinski definition) is 9. The molecule has 56 heavy (non-hydrogen) atoms. The Bertz CT molecular complexity index is 2150. The van der Waals surface area contributed by atoms with Crippen molar-refractivity contribution in [3.05, 3.63) is 87.4 Å². The molecule has 1 aliphatic carbocycles. The number of carbonyl (C=O) groups excluding carboxylic acids is 1. The van der Waals surface area contributed by atoms with Crippen LogP contribution >= 0.6 is 11.6 Å². The highest BCUT2D eigenvalue weighted by Gasteiger charge is 2.44. The Labute approximate surface area is 328 Å². The van der Waals surface area contributed by atoms with Crippen LogP contribution in [0.25, 0.3) is 22.4 Å². The highest BCUT2D eigenvalue weighted by Crippen LogP contribution is 2.45.